The molecule has 0 spiro atoms. The number of halogens is 3. The minimum Gasteiger partial charge on any atom is -0.325 e. The average molecular weight is 382 g/mol. The summed E-state index contributed by atoms with van der Waals surface area (Å²) in [6.07, 6.45) is 0. The summed E-state index contributed by atoms with van der Waals surface area (Å²) in [4.78, 5) is 25.9. The molecule has 2 rings (SSSR count). The molecule has 5 nitrogen and oxygen atoms in total. The Morgan fingerprint density at radius 1 is 1.08 bits per heavy atom. The molecule has 2 N–H and O–H groups in total. The van der Waals surface area contributed by atoms with Gasteiger partial charge in [0.25, 0.3) is 0 Å². The highest BCUT2D eigenvalue weighted by molar-refractivity contribution is 6.33. The van der Waals surface area contributed by atoms with Gasteiger partial charge in [-0.25, -0.2) is 8.78 Å². The third kappa shape index (κ3) is 5.50. The van der Waals surface area contributed by atoms with Crippen molar-refractivity contribution in [1.29, 1.82) is 0 Å². The van der Waals surface area contributed by atoms with E-state index in [0.29, 0.717) is 5.69 Å². The third-order valence-corrected chi connectivity index (χ3v) is 4.06. The van der Waals surface area contributed by atoms with E-state index in [-0.39, 0.29) is 23.2 Å². The molecule has 2 aromatic rings. The van der Waals surface area contributed by atoms with Crippen molar-refractivity contribution < 1.29 is 18.4 Å². The molecule has 2 aromatic carbocycles. The van der Waals surface area contributed by atoms with Gasteiger partial charge in [0.15, 0.2) is 0 Å². The van der Waals surface area contributed by atoms with Crippen LogP contribution in [0.4, 0.5) is 20.2 Å². The normalized spacial score (nSPS) is 11.9. The number of carbonyl (C=O) groups is 2. The van der Waals surface area contributed by atoms with Crippen molar-refractivity contribution in [2.45, 2.75) is 13.0 Å². The fourth-order valence-corrected chi connectivity index (χ4v) is 2.34. The largest absolute Gasteiger partial charge is 0.325 e. The highest BCUT2D eigenvalue weighted by atomic mass is 35.5. The molecule has 138 valence electrons. The first kappa shape index (κ1) is 19.8. The van der Waals surface area contributed by atoms with Crippen LogP contribution in [0.2, 0.25) is 5.02 Å². The lowest BCUT2D eigenvalue weighted by atomic mass is 10.2. The zero-order valence-electron chi connectivity index (χ0n) is 14.2. The quantitative estimate of drug-likeness (QED) is 0.804. The summed E-state index contributed by atoms with van der Waals surface area (Å²) >= 11 is 5.88. The number of likely N-dealkylation sites (N-methyl/N-ethyl adjacent to an activating group) is 1. The second-order valence-corrected chi connectivity index (χ2v) is 6.17. The van der Waals surface area contributed by atoms with Crippen LogP contribution in [-0.2, 0) is 9.59 Å². The van der Waals surface area contributed by atoms with Crippen LogP contribution in [0.25, 0.3) is 0 Å². The van der Waals surface area contributed by atoms with Crippen LogP contribution in [-0.4, -0.2) is 36.3 Å². The molecule has 0 saturated heterocycles. The highest BCUT2D eigenvalue weighted by Gasteiger charge is 2.21. The summed E-state index contributed by atoms with van der Waals surface area (Å²) in [7, 11) is 1.61. The van der Waals surface area contributed by atoms with Gasteiger partial charge in [0, 0.05) is 5.69 Å². The van der Waals surface area contributed by atoms with Crippen molar-refractivity contribution in [3.05, 3.63) is 59.1 Å². The van der Waals surface area contributed by atoms with Crippen molar-refractivity contribution in [1.82, 2.24) is 4.90 Å². The topological polar surface area (TPSA) is 61.4 Å². The molecule has 26 heavy (non-hydrogen) atoms. The summed E-state index contributed by atoms with van der Waals surface area (Å²) in [5, 5.41) is 5.30. The Bertz CT molecular complexity index is 800. The van der Waals surface area contributed by atoms with E-state index in [0.717, 1.165) is 6.07 Å². The number of carbonyl (C=O) groups excluding carboxylic acids is 2. The Labute approximate surface area is 154 Å². The van der Waals surface area contributed by atoms with Crippen molar-refractivity contribution in [2.75, 3.05) is 24.2 Å². The van der Waals surface area contributed by atoms with Crippen molar-refractivity contribution in [2.24, 2.45) is 0 Å². The summed E-state index contributed by atoms with van der Waals surface area (Å²) in [6, 6.07) is 8.37. The molecule has 0 aliphatic heterocycles. The van der Waals surface area contributed by atoms with E-state index in [1.807, 2.05) is 0 Å². The van der Waals surface area contributed by atoms with Crippen LogP contribution in [0.15, 0.2) is 42.5 Å². The van der Waals surface area contributed by atoms with Gasteiger partial charge in [0.05, 0.1) is 23.3 Å². The van der Waals surface area contributed by atoms with Gasteiger partial charge in [0.1, 0.15) is 11.6 Å². The fourth-order valence-electron chi connectivity index (χ4n) is 2.13. The maximum absolute atomic E-state index is 13.0. The zero-order valence-corrected chi connectivity index (χ0v) is 15.0. The number of hydrogen-bond acceptors (Lipinski definition) is 3. The Hall–Kier alpha value is -2.51. The van der Waals surface area contributed by atoms with Gasteiger partial charge in [0.2, 0.25) is 11.8 Å². The molecule has 0 heterocycles. The number of amides is 2. The van der Waals surface area contributed by atoms with Gasteiger partial charge in [-0.15, -0.1) is 0 Å². The molecule has 0 fully saturated rings. The molecule has 0 radical (unpaired) electrons. The number of benzene rings is 2. The molecule has 0 bridgehead atoms. The molecule has 0 aromatic heterocycles. The van der Waals surface area contributed by atoms with E-state index >= 15 is 0 Å². The van der Waals surface area contributed by atoms with E-state index in [1.54, 1.807) is 14.0 Å². The Morgan fingerprint density at radius 3 is 2.31 bits per heavy atom. The van der Waals surface area contributed by atoms with Crippen LogP contribution in [0, 0.1) is 11.6 Å². The molecular weight excluding hydrogens is 364 g/mol. The summed E-state index contributed by atoms with van der Waals surface area (Å²) in [6.45, 7) is 1.57. The van der Waals surface area contributed by atoms with Crippen LogP contribution in [0.1, 0.15) is 6.92 Å². The van der Waals surface area contributed by atoms with Crippen LogP contribution in [0.5, 0.6) is 0 Å². The van der Waals surface area contributed by atoms with Gasteiger partial charge in [-0.1, -0.05) is 11.6 Å². The predicted molar refractivity (Wildman–Crippen MR) is 97.2 cm³/mol. The number of rotatable bonds is 6. The lowest BCUT2D eigenvalue weighted by Crippen LogP contribution is -2.43. The Balaban J connectivity index is 1.90. The number of nitrogens with zero attached hydrogens (tertiary/aromatic N) is 1. The van der Waals surface area contributed by atoms with Crippen molar-refractivity contribution in [3.8, 4) is 0 Å². The maximum atomic E-state index is 13.0. The molecular formula is C18H18ClF2N3O2. The Kier molecular flexibility index (Phi) is 6.65. The lowest BCUT2D eigenvalue weighted by Gasteiger charge is -2.23. The summed E-state index contributed by atoms with van der Waals surface area (Å²) in [5.41, 5.74) is 0.745. The van der Waals surface area contributed by atoms with E-state index < -0.39 is 23.6 Å². The molecule has 0 saturated carbocycles. The molecule has 0 unspecified atom stereocenters. The predicted octanol–water partition coefficient (Wildman–Crippen LogP) is 3.52. The number of anilines is 2. The minimum absolute atomic E-state index is 0.0525. The number of nitrogens with one attached hydrogen (secondary N) is 2. The van der Waals surface area contributed by atoms with Gasteiger partial charge >= 0.3 is 0 Å². The van der Waals surface area contributed by atoms with E-state index in [1.165, 1.54) is 41.3 Å². The van der Waals surface area contributed by atoms with E-state index in [4.69, 9.17) is 11.6 Å². The maximum Gasteiger partial charge on any atom is 0.241 e. The van der Waals surface area contributed by atoms with E-state index in [9.17, 15) is 18.4 Å². The second-order valence-electron chi connectivity index (χ2n) is 5.76. The van der Waals surface area contributed by atoms with Crippen molar-refractivity contribution >= 4 is 34.8 Å². The standard InChI is InChI=1S/C18H18ClF2N3O2/c1-11(18(26)23-16-8-5-13(21)9-15(16)19)24(2)10-17(25)22-14-6-3-12(20)4-7-14/h3-9,11H,10H2,1-2H3,(H,22,25)(H,23,26)/t11-/m1/s1. The first-order valence-electron chi connectivity index (χ1n) is 7.78. The molecule has 0 aliphatic carbocycles. The minimum atomic E-state index is -0.643. The van der Waals surface area contributed by atoms with Gasteiger partial charge in [-0.2, -0.15) is 0 Å². The van der Waals surface area contributed by atoms with Gasteiger partial charge in [-0.3, -0.25) is 14.5 Å². The Morgan fingerprint density at radius 2 is 1.69 bits per heavy atom. The number of hydrogen-bond donors (Lipinski definition) is 2. The van der Waals surface area contributed by atoms with Crippen molar-refractivity contribution in [3.63, 3.8) is 0 Å². The van der Waals surface area contributed by atoms with Crippen LogP contribution < -0.4 is 10.6 Å². The molecule has 8 heteroatoms. The summed E-state index contributed by atoms with van der Waals surface area (Å²) in [5.74, 6) is -1.64. The SMILES string of the molecule is C[C@H](C(=O)Nc1ccc(F)cc1Cl)N(C)CC(=O)Nc1ccc(F)cc1. The second kappa shape index (κ2) is 8.73. The first-order valence-corrected chi connectivity index (χ1v) is 8.15. The monoisotopic (exact) mass is 381 g/mol. The molecule has 2 amide bonds. The third-order valence-electron chi connectivity index (χ3n) is 3.75. The molecule has 0 aliphatic rings. The first-order chi connectivity index (χ1) is 12.3. The van der Waals surface area contributed by atoms with Crippen LogP contribution in [0.3, 0.4) is 0 Å². The van der Waals surface area contributed by atoms with E-state index in [2.05, 4.69) is 10.6 Å². The summed E-state index contributed by atoms with van der Waals surface area (Å²) < 4.78 is 25.9. The van der Waals surface area contributed by atoms with Gasteiger partial charge < -0.3 is 10.6 Å². The zero-order chi connectivity index (χ0) is 19.3. The fraction of sp³-hybridized carbons (Fsp3) is 0.222. The molecule has 1 atom stereocenters. The van der Waals surface area contributed by atoms with Gasteiger partial charge in [-0.05, 0) is 56.4 Å². The van der Waals surface area contributed by atoms with Crippen LogP contribution >= 0.6 is 11.6 Å². The highest BCUT2D eigenvalue weighted by Crippen LogP contribution is 2.22. The average Bonchev–Trinajstić information content (AvgIpc) is 2.58. The lowest BCUT2D eigenvalue weighted by molar-refractivity contribution is -0.122. The smallest absolute Gasteiger partial charge is 0.241 e.